The molecule has 0 fully saturated rings. The maximum absolute atomic E-state index is 12.8. The van der Waals surface area contributed by atoms with E-state index in [-0.39, 0.29) is 18.3 Å². The Morgan fingerprint density at radius 2 is 1.65 bits per heavy atom. The smallest absolute Gasteiger partial charge is 0.261 e. The van der Waals surface area contributed by atoms with Gasteiger partial charge in [-0.15, -0.1) is 23.7 Å². The van der Waals surface area contributed by atoms with E-state index in [1.54, 1.807) is 7.11 Å². The number of nitrogens with zero attached hydrogens (tertiary/aromatic N) is 2. The molecule has 0 bridgehead atoms. The zero-order valence-corrected chi connectivity index (χ0v) is 23.6. The predicted molar refractivity (Wildman–Crippen MR) is 148 cm³/mol. The van der Waals surface area contributed by atoms with Gasteiger partial charge < -0.3 is 19.7 Å². The fraction of sp³-hybridized carbons (Fsp3) is 0.577. The Morgan fingerprint density at radius 3 is 2.18 bits per heavy atom. The molecule has 1 amide bonds. The summed E-state index contributed by atoms with van der Waals surface area (Å²) in [6, 6.07) is 8.91. The van der Waals surface area contributed by atoms with Gasteiger partial charge in [0.2, 0.25) is 0 Å². The van der Waals surface area contributed by atoms with Crippen LogP contribution in [0.25, 0.3) is 10.4 Å². The lowest BCUT2D eigenvalue weighted by molar-refractivity contribution is 0.0943. The Bertz CT molecular complexity index is 889. The molecule has 2 rings (SSSR count). The van der Waals surface area contributed by atoms with Crippen molar-refractivity contribution in [1.82, 2.24) is 10.2 Å². The number of benzene rings is 1. The molecule has 1 aromatic heterocycles. The van der Waals surface area contributed by atoms with Crippen molar-refractivity contribution in [2.75, 3.05) is 44.8 Å². The normalized spacial score (nSPS) is 11.0. The number of ether oxygens (including phenoxy) is 2. The number of thiophene rings is 1. The molecule has 0 aliphatic rings. The van der Waals surface area contributed by atoms with E-state index in [0.29, 0.717) is 30.1 Å². The summed E-state index contributed by atoms with van der Waals surface area (Å²) in [5.74, 6) is 1.42. The third kappa shape index (κ3) is 7.27. The second-order valence-electron chi connectivity index (χ2n) is 8.45. The van der Waals surface area contributed by atoms with Crippen molar-refractivity contribution in [1.29, 1.82) is 0 Å². The predicted octanol–water partition coefficient (Wildman–Crippen LogP) is 5.94. The quantitative estimate of drug-likeness (QED) is 0.360. The van der Waals surface area contributed by atoms with Crippen LogP contribution in [-0.2, 0) is 0 Å². The molecule has 8 heteroatoms. The van der Waals surface area contributed by atoms with Gasteiger partial charge in [0.15, 0.2) is 11.5 Å². The van der Waals surface area contributed by atoms with Crippen molar-refractivity contribution in [2.24, 2.45) is 0 Å². The van der Waals surface area contributed by atoms with Crippen LogP contribution in [0, 0.1) is 0 Å². The van der Waals surface area contributed by atoms with Crippen LogP contribution < -0.4 is 19.7 Å². The first-order valence-electron chi connectivity index (χ1n) is 12.0. The van der Waals surface area contributed by atoms with E-state index in [1.807, 2.05) is 19.1 Å². The SMILES string of the molecule is CCOc1c(-c2ccc(C(=O)NCCN(C(C)C)C(C)C)s2)ccc(N(CC)CC)c1OC.Cl. The first kappa shape index (κ1) is 30.1. The van der Waals surface area contributed by atoms with E-state index in [4.69, 9.17) is 9.47 Å². The zero-order valence-electron chi connectivity index (χ0n) is 21.9. The Labute approximate surface area is 216 Å². The molecule has 6 nitrogen and oxygen atoms in total. The van der Waals surface area contributed by atoms with Gasteiger partial charge in [-0.1, -0.05) is 0 Å². The molecule has 0 saturated heterocycles. The molecule has 1 heterocycles. The first-order chi connectivity index (χ1) is 15.8. The molecule has 0 radical (unpaired) electrons. The summed E-state index contributed by atoms with van der Waals surface area (Å²) in [5.41, 5.74) is 1.96. The van der Waals surface area contributed by atoms with Crippen LogP contribution in [0.4, 0.5) is 5.69 Å². The number of halogens is 1. The monoisotopic (exact) mass is 511 g/mol. The Balaban J connectivity index is 0.00000578. The number of anilines is 1. The molecular weight excluding hydrogens is 470 g/mol. The average Bonchev–Trinajstić information content (AvgIpc) is 3.27. The molecule has 2 aromatic rings. The highest BCUT2D eigenvalue weighted by molar-refractivity contribution is 7.17. The minimum atomic E-state index is -0.0385. The van der Waals surface area contributed by atoms with Crippen molar-refractivity contribution in [2.45, 2.75) is 60.5 Å². The third-order valence-corrected chi connectivity index (χ3v) is 6.88. The Hall–Kier alpha value is -1.96. The van der Waals surface area contributed by atoms with Crippen LogP contribution >= 0.6 is 23.7 Å². The summed E-state index contributed by atoms with van der Waals surface area (Å²) >= 11 is 1.48. The molecule has 192 valence electrons. The van der Waals surface area contributed by atoms with Crippen LogP contribution in [-0.4, -0.2) is 62.8 Å². The van der Waals surface area contributed by atoms with E-state index >= 15 is 0 Å². The summed E-state index contributed by atoms with van der Waals surface area (Å²) in [7, 11) is 1.68. The van der Waals surface area contributed by atoms with E-state index in [1.165, 1.54) is 11.3 Å². The molecular formula is C26H42ClN3O3S. The summed E-state index contributed by atoms with van der Waals surface area (Å²) < 4.78 is 11.8. The standard InChI is InChI=1S/C26H41N3O3S.ClH/c1-9-28(10-2)21-13-12-20(24(32-11-3)25(21)31-8)22-14-15-23(33-22)26(30)27-16-17-29(18(4)5)19(6)7;/h12-15,18-19H,9-11,16-17H2,1-8H3,(H,27,30);1H. The van der Waals surface area contributed by atoms with Crippen molar-refractivity contribution >= 4 is 35.3 Å². The second kappa shape index (κ2) is 14.4. The zero-order chi connectivity index (χ0) is 24.5. The maximum Gasteiger partial charge on any atom is 0.261 e. The minimum Gasteiger partial charge on any atom is -0.491 e. The Morgan fingerprint density at radius 1 is 1.00 bits per heavy atom. The van der Waals surface area contributed by atoms with Crippen molar-refractivity contribution in [3.63, 3.8) is 0 Å². The molecule has 1 N–H and O–H groups in total. The molecule has 0 spiro atoms. The summed E-state index contributed by atoms with van der Waals surface area (Å²) in [6.07, 6.45) is 0. The van der Waals surface area contributed by atoms with Crippen LogP contribution in [0.15, 0.2) is 24.3 Å². The number of nitrogens with one attached hydrogen (secondary N) is 1. The minimum absolute atomic E-state index is 0. The lowest BCUT2D eigenvalue weighted by Gasteiger charge is -2.30. The molecule has 0 unspecified atom stereocenters. The number of rotatable bonds is 13. The van der Waals surface area contributed by atoms with E-state index < -0.39 is 0 Å². The summed E-state index contributed by atoms with van der Waals surface area (Å²) in [4.78, 5) is 19.1. The lowest BCUT2D eigenvalue weighted by atomic mass is 10.1. The topological polar surface area (TPSA) is 54.0 Å². The maximum atomic E-state index is 12.8. The summed E-state index contributed by atoms with van der Waals surface area (Å²) in [5, 5.41) is 3.07. The molecule has 1 aromatic carbocycles. The third-order valence-electron chi connectivity index (χ3n) is 5.77. The van der Waals surface area contributed by atoms with Gasteiger partial charge in [-0.25, -0.2) is 0 Å². The number of hydrogen-bond acceptors (Lipinski definition) is 6. The molecule has 0 aliphatic carbocycles. The van der Waals surface area contributed by atoms with Crippen LogP contribution in [0.2, 0.25) is 0 Å². The van der Waals surface area contributed by atoms with Gasteiger partial charge in [0.25, 0.3) is 5.91 Å². The number of amides is 1. The molecule has 0 atom stereocenters. The van der Waals surface area contributed by atoms with E-state index in [0.717, 1.165) is 47.3 Å². The van der Waals surface area contributed by atoms with Crippen LogP contribution in [0.1, 0.15) is 58.1 Å². The van der Waals surface area contributed by atoms with E-state index in [9.17, 15) is 4.79 Å². The number of carbonyl (C=O) groups excluding carboxylic acids is 1. The number of carbonyl (C=O) groups is 1. The molecule has 0 saturated carbocycles. The lowest BCUT2D eigenvalue weighted by Crippen LogP contribution is -2.42. The van der Waals surface area contributed by atoms with Gasteiger partial charge in [0, 0.05) is 48.7 Å². The fourth-order valence-electron chi connectivity index (χ4n) is 4.15. The van der Waals surface area contributed by atoms with Gasteiger partial charge in [-0.05, 0) is 72.7 Å². The number of hydrogen-bond donors (Lipinski definition) is 1. The van der Waals surface area contributed by atoms with Gasteiger partial charge >= 0.3 is 0 Å². The van der Waals surface area contributed by atoms with Crippen molar-refractivity contribution in [3.8, 4) is 21.9 Å². The highest BCUT2D eigenvalue weighted by Gasteiger charge is 2.21. The van der Waals surface area contributed by atoms with E-state index in [2.05, 4.69) is 68.8 Å². The molecule has 34 heavy (non-hydrogen) atoms. The highest BCUT2D eigenvalue weighted by atomic mass is 35.5. The summed E-state index contributed by atoms with van der Waals surface area (Å²) in [6.45, 7) is 18.7. The number of methoxy groups -OCH3 is 1. The van der Waals surface area contributed by atoms with Crippen LogP contribution in [0.5, 0.6) is 11.5 Å². The van der Waals surface area contributed by atoms with Crippen LogP contribution in [0.3, 0.4) is 0 Å². The second-order valence-corrected chi connectivity index (χ2v) is 9.53. The van der Waals surface area contributed by atoms with Crippen molar-refractivity contribution in [3.05, 3.63) is 29.1 Å². The van der Waals surface area contributed by atoms with Gasteiger partial charge in [0.1, 0.15) is 0 Å². The average molecular weight is 512 g/mol. The largest absolute Gasteiger partial charge is 0.491 e. The first-order valence-corrected chi connectivity index (χ1v) is 12.8. The molecule has 0 aliphatic heterocycles. The van der Waals surface area contributed by atoms with Crippen molar-refractivity contribution < 1.29 is 14.3 Å². The van der Waals surface area contributed by atoms with Gasteiger partial charge in [-0.3, -0.25) is 9.69 Å². The van der Waals surface area contributed by atoms with Gasteiger partial charge in [0.05, 0.1) is 24.3 Å². The Kier molecular flexibility index (Phi) is 12.8. The van der Waals surface area contributed by atoms with Gasteiger partial charge in [-0.2, -0.15) is 0 Å². The highest BCUT2D eigenvalue weighted by Crippen LogP contribution is 2.46. The fourth-order valence-corrected chi connectivity index (χ4v) is 5.09.